The van der Waals surface area contributed by atoms with Crippen molar-refractivity contribution in [3.8, 4) is 0 Å². The number of carbonyl (C=O) groups is 4. The summed E-state index contributed by atoms with van der Waals surface area (Å²) in [6, 6.07) is 14.7. The van der Waals surface area contributed by atoms with E-state index in [4.69, 9.17) is 0 Å². The molecule has 0 bridgehead atoms. The third kappa shape index (κ3) is 5.68. The third-order valence-electron chi connectivity index (χ3n) is 5.88. The van der Waals surface area contributed by atoms with Crippen LogP contribution in [-0.2, 0) is 38.6 Å². The molecule has 7 heteroatoms. The molecule has 2 N–H and O–H groups in total. The number of nitrogens with zero attached hydrogens (tertiary/aromatic N) is 1. The average Bonchev–Trinajstić information content (AvgIpc) is 2.80. The minimum atomic E-state index is -1.06. The molecule has 0 fully saturated rings. The van der Waals surface area contributed by atoms with Crippen molar-refractivity contribution in [2.75, 3.05) is 0 Å². The second-order valence-corrected chi connectivity index (χ2v) is 8.10. The molecule has 1 amide bonds. The Morgan fingerprint density at radius 1 is 1.09 bits per heavy atom. The number of hydrogen-bond donors (Lipinski definition) is 2. The van der Waals surface area contributed by atoms with E-state index in [0.717, 1.165) is 16.7 Å². The van der Waals surface area contributed by atoms with Gasteiger partial charge in [-0.25, -0.2) is 4.79 Å². The van der Waals surface area contributed by atoms with Crippen LogP contribution in [-0.4, -0.2) is 52.1 Å². The van der Waals surface area contributed by atoms with Gasteiger partial charge in [-0.3, -0.25) is 14.9 Å². The van der Waals surface area contributed by atoms with Crippen molar-refractivity contribution in [2.45, 2.75) is 57.3 Å². The molecule has 32 heavy (non-hydrogen) atoms. The predicted octanol–water partition coefficient (Wildman–Crippen LogP) is 2.16. The number of Topliss-reactive ketones (excluding diaryl/α,β-unsaturated/α-hetero) is 1. The topological polar surface area (TPSA) is 104 Å². The van der Waals surface area contributed by atoms with Gasteiger partial charge in [0.1, 0.15) is 12.3 Å². The van der Waals surface area contributed by atoms with Gasteiger partial charge in [0.25, 0.3) is 0 Å². The van der Waals surface area contributed by atoms with Gasteiger partial charge in [0, 0.05) is 13.0 Å². The zero-order chi connectivity index (χ0) is 23.1. The Labute approximate surface area is 187 Å². The Bertz CT molecular complexity index is 975. The van der Waals surface area contributed by atoms with Crippen LogP contribution in [0.25, 0.3) is 0 Å². The largest absolute Gasteiger partial charge is 0.480 e. The number of carboxylic acids is 1. The molecule has 2 aromatic rings. The Morgan fingerprint density at radius 2 is 1.75 bits per heavy atom. The number of amides is 1. The number of hydrogen-bond acceptors (Lipinski definition) is 5. The van der Waals surface area contributed by atoms with Crippen molar-refractivity contribution in [3.63, 3.8) is 0 Å². The summed E-state index contributed by atoms with van der Waals surface area (Å²) in [7, 11) is 0. The number of aldehydes is 1. The number of aliphatic carboxylic acids is 1. The number of carbonyl (C=O) groups excluding carboxylic acids is 3. The third-order valence-corrected chi connectivity index (χ3v) is 5.88. The molecule has 0 aliphatic carbocycles. The van der Waals surface area contributed by atoms with Crippen LogP contribution < -0.4 is 5.32 Å². The highest BCUT2D eigenvalue weighted by molar-refractivity contribution is 5.94. The van der Waals surface area contributed by atoms with E-state index in [2.05, 4.69) is 5.32 Å². The SMILES string of the molecule is C[C@H](N[C@@H](CCc1ccccc1)C(=O)CC=O)C(=O)N1Cc2ccccc2C[C@H]1C(=O)O. The van der Waals surface area contributed by atoms with E-state index in [1.54, 1.807) is 6.92 Å². The second kappa shape index (κ2) is 10.8. The van der Waals surface area contributed by atoms with Crippen molar-refractivity contribution in [1.82, 2.24) is 10.2 Å². The first-order valence-corrected chi connectivity index (χ1v) is 10.8. The smallest absolute Gasteiger partial charge is 0.326 e. The van der Waals surface area contributed by atoms with E-state index in [1.807, 2.05) is 54.6 Å². The highest BCUT2D eigenvalue weighted by Crippen LogP contribution is 2.24. The summed E-state index contributed by atoms with van der Waals surface area (Å²) in [5.74, 6) is -1.72. The van der Waals surface area contributed by atoms with Gasteiger partial charge >= 0.3 is 5.97 Å². The van der Waals surface area contributed by atoms with Crippen LogP contribution in [0.1, 0.15) is 36.5 Å². The van der Waals surface area contributed by atoms with Gasteiger partial charge in [-0.1, -0.05) is 54.6 Å². The van der Waals surface area contributed by atoms with Crippen molar-refractivity contribution < 1.29 is 24.3 Å². The molecule has 0 radical (unpaired) electrons. The molecular weight excluding hydrogens is 408 g/mol. The quantitative estimate of drug-likeness (QED) is 0.437. The maximum atomic E-state index is 13.2. The standard InChI is InChI=1S/C25H28N2O5/c1-17(26-21(23(29)13-14-28)12-11-18-7-3-2-4-8-18)24(30)27-16-20-10-6-5-9-19(20)15-22(27)25(31)32/h2-10,14,17,21-22,26H,11-13,15-16H2,1H3,(H,31,32)/t17-,21-,22-/m0/s1. The summed E-state index contributed by atoms with van der Waals surface area (Å²) in [6.07, 6.45) is 1.61. The summed E-state index contributed by atoms with van der Waals surface area (Å²) >= 11 is 0. The van der Waals surface area contributed by atoms with E-state index in [-0.39, 0.29) is 31.1 Å². The van der Waals surface area contributed by atoms with Crippen LogP contribution in [0.2, 0.25) is 0 Å². The molecule has 0 spiro atoms. The van der Waals surface area contributed by atoms with Gasteiger partial charge < -0.3 is 14.8 Å². The predicted molar refractivity (Wildman–Crippen MR) is 119 cm³/mol. The van der Waals surface area contributed by atoms with Crippen molar-refractivity contribution in [1.29, 1.82) is 0 Å². The van der Waals surface area contributed by atoms with Gasteiger partial charge in [-0.2, -0.15) is 0 Å². The Kier molecular flexibility index (Phi) is 7.89. The lowest BCUT2D eigenvalue weighted by Gasteiger charge is -2.36. The fraction of sp³-hybridized carbons (Fsp3) is 0.360. The van der Waals surface area contributed by atoms with E-state index >= 15 is 0 Å². The van der Waals surface area contributed by atoms with Crippen molar-refractivity contribution >= 4 is 23.9 Å². The molecule has 0 saturated carbocycles. The summed E-state index contributed by atoms with van der Waals surface area (Å²) in [4.78, 5) is 49.9. The highest BCUT2D eigenvalue weighted by atomic mass is 16.4. The highest BCUT2D eigenvalue weighted by Gasteiger charge is 2.37. The lowest BCUT2D eigenvalue weighted by atomic mass is 9.93. The monoisotopic (exact) mass is 436 g/mol. The summed E-state index contributed by atoms with van der Waals surface area (Å²) in [5, 5.41) is 12.8. The van der Waals surface area contributed by atoms with Gasteiger partial charge in [0.2, 0.25) is 5.91 Å². The van der Waals surface area contributed by atoms with Crippen LogP contribution >= 0.6 is 0 Å². The summed E-state index contributed by atoms with van der Waals surface area (Å²) in [6.45, 7) is 1.83. The molecule has 1 aliphatic heterocycles. The molecule has 1 heterocycles. The molecule has 3 atom stereocenters. The molecule has 7 nitrogen and oxygen atoms in total. The first-order valence-electron chi connectivity index (χ1n) is 10.8. The zero-order valence-corrected chi connectivity index (χ0v) is 18.1. The lowest BCUT2D eigenvalue weighted by molar-refractivity contribution is -0.152. The summed E-state index contributed by atoms with van der Waals surface area (Å²) < 4.78 is 0. The van der Waals surface area contributed by atoms with Gasteiger partial charge in [0.15, 0.2) is 5.78 Å². The number of benzene rings is 2. The zero-order valence-electron chi connectivity index (χ0n) is 18.1. The maximum absolute atomic E-state index is 13.2. The van der Waals surface area contributed by atoms with E-state index in [9.17, 15) is 24.3 Å². The number of aryl methyl sites for hydroxylation is 1. The molecule has 168 valence electrons. The maximum Gasteiger partial charge on any atom is 0.326 e. The number of carboxylic acid groups (broad SMARTS) is 1. The van der Waals surface area contributed by atoms with Gasteiger partial charge in [-0.15, -0.1) is 0 Å². The van der Waals surface area contributed by atoms with Crippen LogP contribution in [0.3, 0.4) is 0 Å². The fourth-order valence-electron chi connectivity index (χ4n) is 4.11. The van der Waals surface area contributed by atoms with Crippen molar-refractivity contribution in [2.24, 2.45) is 0 Å². The molecule has 0 unspecified atom stereocenters. The van der Waals surface area contributed by atoms with Crippen molar-refractivity contribution in [3.05, 3.63) is 71.3 Å². The minimum Gasteiger partial charge on any atom is -0.480 e. The second-order valence-electron chi connectivity index (χ2n) is 8.10. The van der Waals surface area contributed by atoms with Gasteiger partial charge in [0.05, 0.1) is 18.5 Å². The molecule has 3 rings (SSSR count). The number of nitrogens with one attached hydrogen (secondary N) is 1. The van der Waals surface area contributed by atoms with Crippen LogP contribution in [0.15, 0.2) is 54.6 Å². The minimum absolute atomic E-state index is 0.203. The molecule has 0 aromatic heterocycles. The normalized spacial score (nSPS) is 17.2. The number of fused-ring (bicyclic) bond motifs is 1. The molecular formula is C25H28N2O5. The first-order chi connectivity index (χ1) is 15.4. The average molecular weight is 437 g/mol. The fourth-order valence-corrected chi connectivity index (χ4v) is 4.11. The van der Waals surface area contributed by atoms with Gasteiger partial charge in [-0.05, 0) is 36.5 Å². The van der Waals surface area contributed by atoms with Crippen LogP contribution in [0.4, 0.5) is 0 Å². The summed E-state index contributed by atoms with van der Waals surface area (Å²) in [5.41, 5.74) is 2.89. The number of ketones is 1. The van der Waals surface area contributed by atoms with Crippen LogP contribution in [0.5, 0.6) is 0 Å². The van der Waals surface area contributed by atoms with E-state index in [1.165, 1.54) is 4.90 Å². The Balaban J connectivity index is 1.73. The molecule has 2 aromatic carbocycles. The first kappa shape index (κ1) is 23.3. The molecule has 0 saturated heterocycles. The Morgan fingerprint density at radius 3 is 2.41 bits per heavy atom. The molecule has 1 aliphatic rings. The van der Waals surface area contributed by atoms with E-state index < -0.39 is 24.1 Å². The number of rotatable bonds is 10. The van der Waals surface area contributed by atoms with Crippen LogP contribution in [0, 0.1) is 0 Å². The Hall–Kier alpha value is -3.32. The lowest BCUT2D eigenvalue weighted by Crippen LogP contribution is -2.56. The van der Waals surface area contributed by atoms with E-state index in [0.29, 0.717) is 19.1 Å².